The molecule has 0 aromatic heterocycles. The number of carbonyl (C=O) groups excluding carboxylic acids is 1. The normalized spacial score (nSPS) is 10.2. The van der Waals surface area contributed by atoms with Crippen molar-refractivity contribution in [1.29, 1.82) is 0 Å². The smallest absolute Gasteiger partial charge is 0.173 e. The Labute approximate surface area is 126 Å². The Bertz CT molecular complexity index is 623. The van der Waals surface area contributed by atoms with Crippen LogP contribution in [-0.2, 0) is 6.61 Å². The number of aldehydes is 1. The summed E-state index contributed by atoms with van der Waals surface area (Å²) in [4.78, 5) is 11.2. The van der Waals surface area contributed by atoms with Gasteiger partial charge in [0.05, 0.1) is 12.7 Å². The van der Waals surface area contributed by atoms with Crippen molar-refractivity contribution in [1.82, 2.24) is 0 Å². The van der Waals surface area contributed by atoms with E-state index in [0.29, 0.717) is 28.1 Å². The molecule has 2 rings (SSSR count). The van der Waals surface area contributed by atoms with Gasteiger partial charge >= 0.3 is 0 Å². The summed E-state index contributed by atoms with van der Waals surface area (Å²) in [5.74, 6) is 1.00. The minimum absolute atomic E-state index is 0.389. The van der Waals surface area contributed by atoms with Gasteiger partial charge < -0.3 is 9.47 Å². The lowest BCUT2D eigenvalue weighted by Crippen LogP contribution is -2.02. The molecule has 0 aliphatic heterocycles. The molecule has 104 valence electrons. The van der Waals surface area contributed by atoms with Crippen molar-refractivity contribution in [3.8, 4) is 11.5 Å². The highest BCUT2D eigenvalue weighted by Gasteiger charge is 2.14. The maximum atomic E-state index is 11.2. The number of aryl methyl sites for hydroxylation is 1. The van der Waals surface area contributed by atoms with Crippen LogP contribution in [0.5, 0.6) is 11.5 Å². The van der Waals surface area contributed by atoms with E-state index in [9.17, 15) is 4.79 Å². The fourth-order valence-electron chi connectivity index (χ4n) is 1.90. The molecule has 4 heteroatoms. The molecule has 2 aromatic carbocycles. The molecule has 0 saturated heterocycles. The molecule has 0 aliphatic rings. The van der Waals surface area contributed by atoms with E-state index < -0.39 is 0 Å². The molecule has 0 N–H and O–H groups in total. The third-order valence-corrected chi connectivity index (χ3v) is 3.77. The van der Waals surface area contributed by atoms with Crippen LogP contribution >= 0.6 is 15.9 Å². The van der Waals surface area contributed by atoms with Gasteiger partial charge in [-0.05, 0) is 46.1 Å². The standard InChI is InChI=1S/C16H15BrO3/c1-11-5-3-4-6-12(11)10-20-16-13(9-18)14(17)7-8-15(16)19-2/h3-9H,10H2,1-2H3. The largest absolute Gasteiger partial charge is 0.493 e. The number of carbonyl (C=O) groups is 1. The number of hydrogen-bond donors (Lipinski definition) is 0. The lowest BCUT2D eigenvalue weighted by molar-refractivity contribution is 0.111. The minimum Gasteiger partial charge on any atom is -0.493 e. The van der Waals surface area contributed by atoms with E-state index in [1.807, 2.05) is 31.2 Å². The Morgan fingerprint density at radius 3 is 2.60 bits per heavy atom. The predicted molar refractivity (Wildman–Crippen MR) is 81.6 cm³/mol. The van der Waals surface area contributed by atoms with Crippen LogP contribution in [0, 0.1) is 6.92 Å². The van der Waals surface area contributed by atoms with Gasteiger partial charge in [-0.25, -0.2) is 0 Å². The molecule has 0 bridgehead atoms. The maximum absolute atomic E-state index is 11.2. The van der Waals surface area contributed by atoms with Crippen molar-refractivity contribution in [2.75, 3.05) is 7.11 Å². The molecule has 2 aromatic rings. The van der Waals surface area contributed by atoms with Crippen molar-refractivity contribution < 1.29 is 14.3 Å². The molecule has 0 saturated carbocycles. The molecule has 0 heterocycles. The molecule has 0 spiro atoms. The number of hydrogen-bond acceptors (Lipinski definition) is 3. The van der Waals surface area contributed by atoms with Gasteiger partial charge in [-0.15, -0.1) is 0 Å². The monoisotopic (exact) mass is 334 g/mol. The van der Waals surface area contributed by atoms with Gasteiger partial charge in [-0.3, -0.25) is 4.79 Å². The molecule has 0 radical (unpaired) electrons. The van der Waals surface area contributed by atoms with Crippen molar-refractivity contribution in [3.63, 3.8) is 0 Å². The Morgan fingerprint density at radius 2 is 1.95 bits per heavy atom. The molecule has 0 amide bonds. The fourth-order valence-corrected chi connectivity index (χ4v) is 2.30. The third-order valence-electron chi connectivity index (χ3n) is 3.08. The van der Waals surface area contributed by atoms with E-state index in [1.165, 1.54) is 0 Å². The molecular weight excluding hydrogens is 320 g/mol. The average Bonchev–Trinajstić information content (AvgIpc) is 2.46. The fraction of sp³-hybridized carbons (Fsp3) is 0.188. The first kappa shape index (κ1) is 14.6. The number of methoxy groups -OCH3 is 1. The summed E-state index contributed by atoms with van der Waals surface area (Å²) < 4.78 is 11.8. The van der Waals surface area contributed by atoms with Crippen molar-refractivity contribution in [2.24, 2.45) is 0 Å². The summed E-state index contributed by atoms with van der Waals surface area (Å²) in [6.45, 7) is 2.41. The summed E-state index contributed by atoms with van der Waals surface area (Å²) in [5, 5.41) is 0. The first-order valence-electron chi connectivity index (χ1n) is 6.16. The van der Waals surface area contributed by atoms with Crippen LogP contribution in [0.15, 0.2) is 40.9 Å². The summed E-state index contributed by atoms with van der Waals surface area (Å²) in [6.07, 6.45) is 0.764. The summed E-state index contributed by atoms with van der Waals surface area (Å²) in [7, 11) is 1.55. The molecule has 20 heavy (non-hydrogen) atoms. The van der Waals surface area contributed by atoms with Crippen molar-refractivity contribution >= 4 is 22.2 Å². The zero-order chi connectivity index (χ0) is 14.5. The van der Waals surface area contributed by atoms with Gasteiger partial charge in [0.2, 0.25) is 0 Å². The molecule has 0 fully saturated rings. The summed E-state index contributed by atoms with van der Waals surface area (Å²) >= 11 is 3.34. The van der Waals surface area contributed by atoms with Crippen LogP contribution < -0.4 is 9.47 Å². The van der Waals surface area contributed by atoms with E-state index >= 15 is 0 Å². The second kappa shape index (κ2) is 6.57. The average molecular weight is 335 g/mol. The van der Waals surface area contributed by atoms with Gasteiger partial charge in [0.1, 0.15) is 6.61 Å². The molecule has 0 aliphatic carbocycles. The first-order valence-corrected chi connectivity index (χ1v) is 6.95. The van der Waals surface area contributed by atoms with E-state index in [0.717, 1.165) is 17.4 Å². The van der Waals surface area contributed by atoms with Gasteiger partial charge in [-0.2, -0.15) is 0 Å². The van der Waals surface area contributed by atoms with Crippen LogP contribution in [-0.4, -0.2) is 13.4 Å². The van der Waals surface area contributed by atoms with E-state index in [2.05, 4.69) is 15.9 Å². The van der Waals surface area contributed by atoms with Gasteiger partial charge in [0.25, 0.3) is 0 Å². The Morgan fingerprint density at radius 1 is 1.20 bits per heavy atom. The highest BCUT2D eigenvalue weighted by atomic mass is 79.9. The SMILES string of the molecule is COc1ccc(Br)c(C=O)c1OCc1ccccc1C. The van der Waals surface area contributed by atoms with Crippen LogP contribution in [0.1, 0.15) is 21.5 Å². The number of ether oxygens (including phenoxy) is 2. The van der Waals surface area contributed by atoms with Gasteiger partial charge in [-0.1, -0.05) is 24.3 Å². The molecule has 0 unspecified atom stereocenters. The molecule has 3 nitrogen and oxygen atoms in total. The van der Waals surface area contributed by atoms with E-state index in [1.54, 1.807) is 19.2 Å². The Kier molecular flexibility index (Phi) is 4.79. The lowest BCUT2D eigenvalue weighted by Gasteiger charge is -2.14. The van der Waals surface area contributed by atoms with Gasteiger partial charge in [0.15, 0.2) is 17.8 Å². The van der Waals surface area contributed by atoms with E-state index in [-0.39, 0.29) is 0 Å². The Hall–Kier alpha value is -1.81. The number of halogens is 1. The summed E-state index contributed by atoms with van der Waals surface area (Å²) in [5.41, 5.74) is 2.68. The minimum atomic E-state index is 0.389. The second-order valence-electron chi connectivity index (χ2n) is 4.33. The Balaban J connectivity index is 2.31. The maximum Gasteiger partial charge on any atom is 0.173 e. The first-order chi connectivity index (χ1) is 9.67. The van der Waals surface area contributed by atoms with Crippen molar-refractivity contribution in [3.05, 3.63) is 57.6 Å². The second-order valence-corrected chi connectivity index (χ2v) is 5.18. The topological polar surface area (TPSA) is 35.5 Å². The number of benzene rings is 2. The quantitative estimate of drug-likeness (QED) is 0.770. The third kappa shape index (κ3) is 3.02. The zero-order valence-electron chi connectivity index (χ0n) is 11.4. The molecular formula is C16H15BrO3. The van der Waals surface area contributed by atoms with Crippen LogP contribution in [0.4, 0.5) is 0 Å². The van der Waals surface area contributed by atoms with Crippen LogP contribution in [0.3, 0.4) is 0 Å². The molecule has 0 atom stereocenters. The van der Waals surface area contributed by atoms with Crippen LogP contribution in [0.2, 0.25) is 0 Å². The lowest BCUT2D eigenvalue weighted by atomic mass is 10.1. The van der Waals surface area contributed by atoms with Crippen molar-refractivity contribution in [2.45, 2.75) is 13.5 Å². The van der Waals surface area contributed by atoms with E-state index in [4.69, 9.17) is 9.47 Å². The zero-order valence-corrected chi connectivity index (χ0v) is 12.9. The predicted octanol–water partition coefficient (Wildman–Crippen LogP) is 4.16. The highest BCUT2D eigenvalue weighted by Crippen LogP contribution is 2.35. The number of rotatable bonds is 5. The summed E-state index contributed by atoms with van der Waals surface area (Å²) in [6, 6.07) is 11.5. The highest BCUT2D eigenvalue weighted by molar-refractivity contribution is 9.10. The van der Waals surface area contributed by atoms with Crippen LogP contribution in [0.25, 0.3) is 0 Å². The van der Waals surface area contributed by atoms with Gasteiger partial charge in [0, 0.05) is 4.47 Å².